The molecular weight excluding hydrogens is 525 g/mol. The van der Waals surface area contributed by atoms with Gasteiger partial charge in [0.1, 0.15) is 5.78 Å². The number of Topliss-reactive ketones (excluding diaryl/α,β-unsaturated/α-hetero) is 1. The minimum Gasteiger partial charge on any atom is -0.349 e. The molecule has 0 atom stereocenters. The third kappa shape index (κ3) is 7.08. The van der Waals surface area contributed by atoms with Crippen LogP contribution in [0.1, 0.15) is 55.6 Å². The molecule has 0 amide bonds. The smallest absolute Gasteiger partial charge is 0.349 e. The van der Waals surface area contributed by atoms with Crippen LogP contribution in [0.25, 0.3) is 10.9 Å². The van der Waals surface area contributed by atoms with Gasteiger partial charge in [0, 0.05) is 24.6 Å². The van der Waals surface area contributed by atoms with Gasteiger partial charge in [-0.15, -0.1) is 29.0 Å². The van der Waals surface area contributed by atoms with Crippen molar-refractivity contribution in [2.45, 2.75) is 49.8 Å². The van der Waals surface area contributed by atoms with Crippen molar-refractivity contribution in [1.29, 1.82) is 0 Å². The molecule has 1 aliphatic rings. The van der Waals surface area contributed by atoms with Crippen molar-refractivity contribution in [2.75, 3.05) is 0 Å². The fourth-order valence-electron chi connectivity index (χ4n) is 4.44. The van der Waals surface area contributed by atoms with E-state index in [1.54, 1.807) is 48.5 Å². The molecule has 2 radical (unpaired) electrons. The van der Waals surface area contributed by atoms with Crippen molar-refractivity contribution in [3.05, 3.63) is 109 Å². The quantitative estimate of drug-likeness (QED) is 0.161. The second kappa shape index (κ2) is 13.1. The predicted octanol–water partition coefficient (Wildman–Crippen LogP) is 6.47. The molecule has 1 heterocycles. The Hall–Kier alpha value is -2.06. The molecule has 0 bridgehead atoms. The van der Waals surface area contributed by atoms with Crippen molar-refractivity contribution < 1.29 is 30.3 Å². The van der Waals surface area contributed by atoms with Crippen LogP contribution in [0, 0.1) is 18.9 Å². The van der Waals surface area contributed by atoms with Crippen LogP contribution in [0.3, 0.4) is 0 Å². The molecule has 37 heavy (non-hydrogen) atoms. The normalized spacial score (nSPS) is 13.7. The maximum Gasteiger partial charge on any atom is 2.00 e. The number of hydrogen-bond donors (Lipinski definition) is 0. The fraction of sp³-hybridized carbons (Fsp3) is 0.267. The summed E-state index contributed by atoms with van der Waals surface area (Å²) in [5.74, 6) is -0.224. The average Bonchev–Trinajstić information content (AvgIpc) is 3.53. The van der Waals surface area contributed by atoms with Crippen LogP contribution < -0.4 is 0 Å². The largest absolute Gasteiger partial charge is 2.00 e. The number of rotatable bonds is 5. The predicted molar refractivity (Wildman–Crippen MR) is 147 cm³/mol. The molecule has 4 nitrogen and oxygen atoms in total. The first-order chi connectivity index (χ1) is 16.7. The van der Waals surface area contributed by atoms with Crippen molar-refractivity contribution in [3.8, 4) is 0 Å². The van der Waals surface area contributed by atoms with Crippen LogP contribution in [-0.4, -0.2) is 37.0 Å². The third-order valence-corrected chi connectivity index (χ3v) is 8.10. The van der Waals surface area contributed by atoms with Gasteiger partial charge in [-0.1, -0.05) is 106 Å². The molecular formula is C30H31CuLiNO3S. The first-order valence-corrected chi connectivity index (χ1v) is 13.4. The summed E-state index contributed by atoms with van der Waals surface area (Å²) in [4.78, 5) is 13.2. The Morgan fingerprint density at radius 1 is 0.892 bits per heavy atom. The monoisotopic (exact) mass is 555 g/mol. The molecule has 1 aliphatic carbocycles. The summed E-state index contributed by atoms with van der Waals surface area (Å²) in [6.07, 6.45) is 3.67. The maximum atomic E-state index is 13.2. The molecule has 1 fully saturated rings. The number of aromatic nitrogens is 1. The van der Waals surface area contributed by atoms with Gasteiger partial charge in [-0.05, 0) is 23.6 Å². The summed E-state index contributed by atoms with van der Waals surface area (Å²) < 4.78 is 27.7. The number of carbonyl (C=O) groups excluding carboxylic acids is 1. The number of benzene rings is 3. The summed E-state index contributed by atoms with van der Waals surface area (Å²) in [6, 6.07) is 28.7. The second-order valence-electron chi connectivity index (χ2n) is 9.67. The summed E-state index contributed by atoms with van der Waals surface area (Å²) in [7, 11) is -3.86. The van der Waals surface area contributed by atoms with Crippen LogP contribution in [0.5, 0.6) is 0 Å². The molecule has 3 aromatic carbocycles. The second-order valence-corrected chi connectivity index (χ2v) is 11.5. The number of fused-ring (bicyclic) bond motifs is 1. The van der Waals surface area contributed by atoms with E-state index in [4.69, 9.17) is 0 Å². The molecule has 0 unspecified atom stereocenters. The zero-order chi connectivity index (χ0) is 25.1. The molecule has 0 N–H and O–H groups in total. The number of carbonyl (C=O) groups is 1. The first kappa shape index (κ1) is 31.2. The Bertz CT molecular complexity index is 1410. The maximum absolute atomic E-state index is 13.2. The Kier molecular flexibility index (Phi) is 11.1. The van der Waals surface area contributed by atoms with Gasteiger partial charge in [0.25, 0.3) is 10.0 Å². The van der Waals surface area contributed by atoms with Crippen LogP contribution in [0.2, 0.25) is 0 Å². The van der Waals surface area contributed by atoms with Crippen molar-refractivity contribution in [3.63, 3.8) is 0 Å². The summed E-state index contributed by atoms with van der Waals surface area (Å²) in [5, 5.41) is 0.642. The molecule has 1 aromatic heterocycles. The average molecular weight is 556 g/mol. The summed E-state index contributed by atoms with van der Waals surface area (Å²) in [6.45, 7) is 8.27. The van der Waals surface area contributed by atoms with Gasteiger partial charge in [-0.3, -0.25) is 3.97 Å². The fourth-order valence-corrected chi connectivity index (χ4v) is 5.94. The van der Waals surface area contributed by atoms with E-state index >= 15 is 0 Å². The van der Waals surface area contributed by atoms with E-state index in [1.165, 1.54) is 9.54 Å². The van der Waals surface area contributed by atoms with E-state index in [2.05, 4.69) is 39.0 Å². The van der Waals surface area contributed by atoms with E-state index in [-0.39, 0.29) is 63.6 Å². The topological polar surface area (TPSA) is 56.1 Å². The van der Waals surface area contributed by atoms with Crippen LogP contribution in [0.15, 0.2) is 89.8 Å². The van der Waals surface area contributed by atoms with E-state index in [9.17, 15) is 13.2 Å². The van der Waals surface area contributed by atoms with Crippen molar-refractivity contribution >= 4 is 45.6 Å². The zero-order valence-corrected chi connectivity index (χ0v) is 23.3. The summed E-state index contributed by atoms with van der Waals surface area (Å²) >= 11 is 0. The van der Waals surface area contributed by atoms with Crippen LogP contribution in [-0.2, 0) is 32.5 Å². The molecule has 0 saturated heterocycles. The van der Waals surface area contributed by atoms with Gasteiger partial charge < -0.3 is 11.7 Å². The number of hydrogen-bond acceptors (Lipinski definition) is 3. The molecule has 7 heteroatoms. The van der Waals surface area contributed by atoms with E-state index < -0.39 is 10.0 Å². The van der Waals surface area contributed by atoms with E-state index in [0.717, 1.165) is 25.7 Å². The van der Waals surface area contributed by atoms with E-state index in [0.29, 0.717) is 10.9 Å². The number of para-hydroxylation sites is 1. The number of nitrogens with zero attached hydrogens (tertiary/aromatic N) is 1. The van der Waals surface area contributed by atoms with Gasteiger partial charge in [-0.2, -0.15) is 0 Å². The SMILES string of the molecule is O=C(c1[c-]c2ccccc2n1S(=O)(=O)c1ccccc1)C1CCCC1.[CH2-]C(C)(C)c1ccccc1.[Cu+2].[Li]. The summed E-state index contributed by atoms with van der Waals surface area (Å²) in [5.41, 5.74) is 1.97. The van der Waals surface area contributed by atoms with Crippen LogP contribution in [0.4, 0.5) is 0 Å². The third-order valence-electron chi connectivity index (χ3n) is 6.38. The minimum absolute atomic E-state index is 0. The molecule has 5 rings (SSSR count). The van der Waals surface area contributed by atoms with E-state index in [1.807, 2.05) is 24.3 Å². The van der Waals surface area contributed by atoms with Gasteiger partial charge in [0.2, 0.25) is 0 Å². The van der Waals surface area contributed by atoms with Gasteiger partial charge in [-0.25, -0.2) is 8.42 Å². The van der Waals surface area contributed by atoms with Crippen molar-refractivity contribution in [1.82, 2.24) is 3.97 Å². The molecule has 1 saturated carbocycles. The zero-order valence-electron chi connectivity index (χ0n) is 21.6. The Morgan fingerprint density at radius 2 is 1.41 bits per heavy atom. The van der Waals surface area contributed by atoms with Crippen LogP contribution >= 0.6 is 0 Å². The van der Waals surface area contributed by atoms with Gasteiger partial charge >= 0.3 is 17.1 Å². The minimum atomic E-state index is -3.86. The molecule has 192 valence electrons. The van der Waals surface area contributed by atoms with Crippen molar-refractivity contribution in [2.24, 2.45) is 5.92 Å². The van der Waals surface area contributed by atoms with Gasteiger partial charge in [0.15, 0.2) is 0 Å². The Labute approximate surface area is 243 Å². The molecule has 4 aromatic rings. The molecule has 0 spiro atoms. The Morgan fingerprint density at radius 3 is 1.95 bits per heavy atom. The molecule has 0 aliphatic heterocycles. The number of ketones is 1. The first-order valence-electron chi connectivity index (χ1n) is 12.0. The Balaban J connectivity index is 0.000000342. The van der Waals surface area contributed by atoms with Gasteiger partial charge in [0.05, 0.1) is 4.90 Å². The standard InChI is InChI=1S/C20H18NO3S.C10H13.Cu.Li/c22-20(15-8-4-5-9-15)19-14-16-10-6-7-13-18(16)21(19)25(23,24)17-11-2-1-3-12-17;1-10(2,3)9-7-5-4-6-8-9;;/h1-3,6-7,10-13,15H,4-5,8-9H2;4-8H,1H2,2-3H3;;/q2*-1;+2;.